The van der Waals surface area contributed by atoms with Gasteiger partial charge in [-0.05, 0) is 62.1 Å². The molecule has 1 unspecified atom stereocenters. The van der Waals surface area contributed by atoms with Gasteiger partial charge in [0, 0.05) is 61.4 Å². The van der Waals surface area contributed by atoms with Gasteiger partial charge in [0.25, 0.3) is 0 Å². The van der Waals surface area contributed by atoms with Gasteiger partial charge in [-0.25, -0.2) is 9.78 Å². The van der Waals surface area contributed by atoms with Crippen LogP contribution >= 0.6 is 23.2 Å². The van der Waals surface area contributed by atoms with Crippen LogP contribution in [0.15, 0.2) is 59.5 Å². The van der Waals surface area contributed by atoms with E-state index in [1.807, 2.05) is 6.07 Å². The Kier molecular flexibility index (Phi) is 8.64. The molecule has 2 aromatic rings. The first-order valence-electron chi connectivity index (χ1n) is 13.7. The zero-order valence-electron chi connectivity index (χ0n) is 22.8. The van der Waals surface area contributed by atoms with Crippen LogP contribution in [0.2, 0.25) is 10.0 Å². The van der Waals surface area contributed by atoms with Crippen molar-refractivity contribution in [2.75, 3.05) is 33.3 Å². The van der Waals surface area contributed by atoms with E-state index >= 15 is 0 Å². The number of esters is 1. The number of ether oxygens (including phenoxy) is 1. The standard InChI is InChI=1S/C31H34Cl2N4O3/c1-19-18-37(22-5-3-8-26-21(17-22)11-12-27(35-26)31(39)40-2)16-15-36(19)14-13-23(30(38)20-9-10-20)29(34)28-24(32)6-4-7-25(28)33/h3-7,11-12,17,19-20,34,38H,8-10,13-16,18H2,1-2H3/b30-23-,34-29?. The van der Waals surface area contributed by atoms with Crippen molar-refractivity contribution in [1.29, 1.82) is 5.41 Å². The number of hydrogen-bond acceptors (Lipinski definition) is 7. The fraction of sp³-hybridized carbons (Fsp3) is 0.387. The van der Waals surface area contributed by atoms with E-state index in [2.05, 4.69) is 39.9 Å². The summed E-state index contributed by atoms with van der Waals surface area (Å²) in [5, 5.41) is 20.8. The van der Waals surface area contributed by atoms with Crippen molar-refractivity contribution in [2.24, 2.45) is 5.92 Å². The first-order chi connectivity index (χ1) is 19.3. The number of nitrogens with one attached hydrogen (secondary N) is 1. The highest BCUT2D eigenvalue weighted by Crippen LogP contribution is 2.39. The average molecular weight is 582 g/mol. The lowest BCUT2D eigenvalue weighted by Gasteiger charge is -2.41. The first kappa shape index (κ1) is 28.4. The van der Waals surface area contributed by atoms with Gasteiger partial charge in [0.15, 0.2) is 0 Å². The molecule has 2 heterocycles. The number of pyridine rings is 1. The van der Waals surface area contributed by atoms with Gasteiger partial charge in [0.05, 0.1) is 28.6 Å². The van der Waals surface area contributed by atoms with E-state index in [-0.39, 0.29) is 17.7 Å². The number of methoxy groups -OCH3 is 1. The highest BCUT2D eigenvalue weighted by molar-refractivity contribution is 6.41. The molecule has 9 heteroatoms. The fourth-order valence-corrected chi connectivity index (χ4v) is 6.00. The summed E-state index contributed by atoms with van der Waals surface area (Å²) in [6.07, 6.45) is 9.45. The number of carbonyl (C=O) groups excluding carboxylic acids is 1. The lowest BCUT2D eigenvalue weighted by atomic mass is 9.96. The number of piperazine rings is 1. The number of rotatable bonds is 8. The maximum Gasteiger partial charge on any atom is 0.356 e. The van der Waals surface area contributed by atoms with Crippen molar-refractivity contribution < 1.29 is 14.6 Å². The molecule has 2 aliphatic carbocycles. The molecule has 3 aliphatic rings. The monoisotopic (exact) mass is 580 g/mol. The maximum atomic E-state index is 11.9. The molecular weight excluding hydrogens is 547 g/mol. The molecule has 7 nitrogen and oxygen atoms in total. The predicted octanol–water partition coefficient (Wildman–Crippen LogP) is 6.31. The molecule has 1 saturated heterocycles. The average Bonchev–Trinajstić information content (AvgIpc) is 3.80. The van der Waals surface area contributed by atoms with Gasteiger partial charge in [-0.2, -0.15) is 0 Å². The number of allylic oxidation sites excluding steroid dienone is 3. The zero-order chi connectivity index (χ0) is 28.4. The number of aliphatic hydroxyl groups is 1. The molecule has 2 N–H and O–H groups in total. The lowest BCUT2D eigenvalue weighted by Crippen LogP contribution is -2.51. The molecule has 0 spiro atoms. The molecule has 1 saturated carbocycles. The van der Waals surface area contributed by atoms with Gasteiger partial charge < -0.3 is 14.7 Å². The molecule has 5 rings (SSSR count). The van der Waals surface area contributed by atoms with E-state index in [4.69, 9.17) is 33.3 Å². The van der Waals surface area contributed by atoms with Crippen LogP contribution in [0.5, 0.6) is 0 Å². The number of nitrogens with zero attached hydrogens (tertiary/aromatic N) is 3. The second-order valence-electron chi connectivity index (χ2n) is 10.6. The SMILES string of the molecule is COC(=O)c1ccc2c(n1)CC=CC(N1CCN(CC/C(C(=N)c3c(Cl)cccc3Cl)=C(/O)C3CC3)C(C)C1)=C2. The van der Waals surface area contributed by atoms with Gasteiger partial charge in [0.2, 0.25) is 0 Å². The Morgan fingerprint density at radius 3 is 2.60 bits per heavy atom. The minimum Gasteiger partial charge on any atom is -0.512 e. The summed E-state index contributed by atoms with van der Waals surface area (Å²) in [6.45, 7) is 5.50. The van der Waals surface area contributed by atoms with Crippen LogP contribution in [0.25, 0.3) is 6.08 Å². The van der Waals surface area contributed by atoms with Gasteiger partial charge >= 0.3 is 5.97 Å². The number of fused-ring (bicyclic) bond motifs is 1. The fourth-order valence-electron chi connectivity index (χ4n) is 5.41. The van der Waals surface area contributed by atoms with Crippen LogP contribution in [0.4, 0.5) is 0 Å². The normalized spacial score (nSPS) is 19.9. The van der Waals surface area contributed by atoms with E-state index in [9.17, 15) is 9.90 Å². The lowest BCUT2D eigenvalue weighted by molar-refractivity contribution is 0.0593. The van der Waals surface area contributed by atoms with Crippen LogP contribution < -0.4 is 0 Å². The van der Waals surface area contributed by atoms with Crippen LogP contribution in [-0.2, 0) is 11.2 Å². The summed E-state index contributed by atoms with van der Waals surface area (Å²) in [4.78, 5) is 21.2. The molecule has 1 atom stereocenters. The highest BCUT2D eigenvalue weighted by atomic mass is 35.5. The second-order valence-corrected chi connectivity index (χ2v) is 11.4. The van der Waals surface area contributed by atoms with E-state index < -0.39 is 5.97 Å². The smallest absolute Gasteiger partial charge is 0.356 e. The molecule has 40 heavy (non-hydrogen) atoms. The molecule has 1 aromatic heterocycles. The third kappa shape index (κ3) is 6.12. The predicted molar refractivity (Wildman–Crippen MR) is 159 cm³/mol. The molecule has 0 bridgehead atoms. The first-order valence-corrected chi connectivity index (χ1v) is 14.4. The minimum absolute atomic E-state index is 0.126. The summed E-state index contributed by atoms with van der Waals surface area (Å²) >= 11 is 12.8. The summed E-state index contributed by atoms with van der Waals surface area (Å²) in [6, 6.07) is 9.14. The van der Waals surface area contributed by atoms with Crippen molar-refractivity contribution in [2.45, 2.75) is 38.6 Å². The van der Waals surface area contributed by atoms with E-state index in [0.717, 1.165) is 56.0 Å². The Hall–Kier alpha value is -3.13. The summed E-state index contributed by atoms with van der Waals surface area (Å²) in [7, 11) is 1.36. The number of aromatic nitrogens is 1. The summed E-state index contributed by atoms with van der Waals surface area (Å²) < 4.78 is 4.82. The Bertz CT molecular complexity index is 1390. The number of aliphatic hydroxyl groups excluding tert-OH is 1. The van der Waals surface area contributed by atoms with Gasteiger partial charge in [0.1, 0.15) is 11.5 Å². The molecule has 0 radical (unpaired) electrons. The summed E-state index contributed by atoms with van der Waals surface area (Å²) in [5.41, 5.74) is 4.63. The van der Waals surface area contributed by atoms with Crippen LogP contribution in [-0.4, -0.2) is 70.9 Å². The third-order valence-electron chi connectivity index (χ3n) is 7.87. The Morgan fingerprint density at radius 1 is 1.18 bits per heavy atom. The largest absolute Gasteiger partial charge is 0.512 e. The zero-order valence-corrected chi connectivity index (χ0v) is 24.3. The molecule has 210 valence electrons. The van der Waals surface area contributed by atoms with Gasteiger partial charge in [-0.3, -0.25) is 10.3 Å². The number of carbonyl (C=O) groups is 1. The van der Waals surface area contributed by atoms with Gasteiger partial charge in [-0.1, -0.05) is 41.4 Å². The van der Waals surface area contributed by atoms with E-state index in [1.54, 1.807) is 24.3 Å². The number of halogens is 2. The molecular formula is C31H34Cl2N4O3. The van der Waals surface area contributed by atoms with Crippen molar-refractivity contribution in [1.82, 2.24) is 14.8 Å². The number of hydrogen-bond donors (Lipinski definition) is 2. The van der Waals surface area contributed by atoms with E-state index in [0.29, 0.717) is 45.5 Å². The van der Waals surface area contributed by atoms with Crippen molar-refractivity contribution in [3.8, 4) is 0 Å². The van der Waals surface area contributed by atoms with E-state index in [1.165, 1.54) is 7.11 Å². The van der Waals surface area contributed by atoms with Crippen LogP contribution in [0.1, 0.15) is 53.5 Å². The topological polar surface area (TPSA) is 89.8 Å². The van der Waals surface area contributed by atoms with Gasteiger partial charge in [-0.15, -0.1) is 0 Å². The molecule has 1 aromatic carbocycles. The van der Waals surface area contributed by atoms with Crippen molar-refractivity contribution >= 4 is 41.0 Å². The summed E-state index contributed by atoms with van der Waals surface area (Å²) in [5.74, 6) is 0.00305. The molecule has 0 amide bonds. The van der Waals surface area contributed by atoms with Crippen molar-refractivity contribution in [3.05, 3.63) is 92.1 Å². The third-order valence-corrected chi connectivity index (χ3v) is 8.50. The Morgan fingerprint density at radius 2 is 1.93 bits per heavy atom. The highest BCUT2D eigenvalue weighted by Gasteiger charge is 2.32. The van der Waals surface area contributed by atoms with Crippen molar-refractivity contribution in [3.63, 3.8) is 0 Å². The minimum atomic E-state index is -0.432. The van der Waals surface area contributed by atoms with Crippen LogP contribution in [0, 0.1) is 11.3 Å². The maximum absolute atomic E-state index is 11.9. The Labute approximate surface area is 245 Å². The quantitative estimate of drug-likeness (QED) is 0.216. The van der Waals surface area contributed by atoms with Crippen LogP contribution in [0.3, 0.4) is 0 Å². The number of benzene rings is 1. The molecule has 1 aliphatic heterocycles. The Balaban J connectivity index is 1.27. The molecule has 2 fully saturated rings. The second kappa shape index (κ2) is 12.2.